The molecule has 0 bridgehead atoms. The maximum absolute atomic E-state index is 13.4. The quantitative estimate of drug-likeness (QED) is 0.0617. The Labute approximate surface area is 414 Å². The third-order valence-corrected chi connectivity index (χ3v) is 15.2. The number of rotatable bonds is 53. The van der Waals surface area contributed by atoms with Gasteiger partial charge in [-0.1, -0.05) is 246 Å². The van der Waals surface area contributed by atoms with Gasteiger partial charge in [-0.15, -0.1) is 0 Å². The van der Waals surface area contributed by atoms with Gasteiger partial charge in [-0.2, -0.15) is 0 Å². The largest absolute Gasteiger partial charge is 0.391 e. The highest BCUT2D eigenvalue weighted by molar-refractivity contribution is 5.76. The number of carbonyl (C=O) groups excluding carboxylic acids is 2. The van der Waals surface area contributed by atoms with Crippen LogP contribution in [0.5, 0.6) is 0 Å². The summed E-state index contributed by atoms with van der Waals surface area (Å²) in [5.74, 6) is 0.811. The van der Waals surface area contributed by atoms with Crippen LogP contribution in [0.15, 0.2) is 0 Å². The predicted octanol–water partition coefficient (Wildman–Crippen LogP) is 17.7. The van der Waals surface area contributed by atoms with Crippen molar-refractivity contribution in [3.05, 3.63) is 0 Å². The summed E-state index contributed by atoms with van der Waals surface area (Å²) in [7, 11) is 0. The Balaban J connectivity index is 2.37. The molecule has 0 aromatic rings. The molecule has 392 valence electrons. The summed E-state index contributed by atoms with van der Waals surface area (Å²) in [6, 6.07) is 0.349. The highest BCUT2D eigenvalue weighted by atomic mass is 16.3. The Morgan fingerprint density at radius 3 is 0.773 bits per heavy atom. The summed E-state index contributed by atoms with van der Waals surface area (Å²) in [6.45, 7) is 15.2. The van der Waals surface area contributed by atoms with Gasteiger partial charge >= 0.3 is 0 Å². The lowest BCUT2D eigenvalue weighted by atomic mass is 9.87. The van der Waals surface area contributed by atoms with Gasteiger partial charge in [0, 0.05) is 45.1 Å². The van der Waals surface area contributed by atoms with Crippen molar-refractivity contribution in [3.8, 4) is 0 Å². The van der Waals surface area contributed by atoms with Gasteiger partial charge < -0.3 is 14.9 Å². The van der Waals surface area contributed by atoms with Gasteiger partial charge in [0.25, 0.3) is 0 Å². The molecule has 1 N–H and O–H groups in total. The van der Waals surface area contributed by atoms with E-state index in [2.05, 4.69) is 42.4 Å². The number of nitrogens with zero attached hydrogens (tertiary/aromatic N) is 3. The molecule has 0 radical (unpaired) electrons. The molecule has 1 aliphatic rings. The molecule has 6 nitrogen and oxygen atoms in total. The van der Waals surface area contributed by atoms with E-state index in [1.807, 2.05) is 0 Å². The Morgan fingerprint density at radius 1 is 0.318 bits per heavy atom. The van der Waals surface area contributed by atoms with Gasteiger partial charge in [-0.05, 0) is 77.3 Å². The molecule has 2 atom stereocenters. The van der Waals surface area contributed by atoms with Crippen LogP contribution in [-0.2, 0) is 9.59 Å². The fourth-order valence-corrected chi connectivity index (χ4v) is 10.4. The lowest BCUT2D eigenvalue weighted by molar-refractivity contribution is -0.132. The second-order valence-corrected chi connectivity index (χ2v) is 21.4. The number of amides is 2. The van der Waals surface area contributed by atoms with Crippen molar-refractivity contribution in [2.45, 2.75) is 335 Å². The minimum absolute atomic E-state index is 0.152. The first kappa shape index (κ1) is 62.9. The van der Waals surface area contributed by atoms with E-state index < -0.39 is 0 Å². The lowest BCUT2D eigenvalue weighted by Crippen LogP contribution is -2.51. The minimum Gasteiger partial charge on any atom is -0.391 e. The number of hydrogen-bond donors (Lipinski definition) is 1. The molecule has 1 fully saturated rings. The van der Waals surface area contributed by atoms with Gasteiger partial charge in [0.1, 0.15) is 0 Å². The minimum atomic E-state index is -0.152. The van der Waals surface area contributed by atoms with E-state index in [1.165, 1.54) is 244 Å². The predicted molar refractivity (Wildman–Crippen MR) is 290 cm³/mol. The monoisotopic (exact) mass is 930 g/mol. The maximum atomic E-state index is 13.4. The van der Waals surface area contributed by atoms with Crippen molar-refractivity contribution >= 4 is 11.8 Å². The summed E-state index contributed by atoms with van der Waals surface area (Å²) in [5, 5.41) is 10.6. The molecular weight excluding hydrogens is 811 g/mol. The Kier molecular flexibility index (Phi) is 46.6. The molecule has 6 heteroatoms. The highest BCUT2D eigenvalue weighted by Gasteiger charge is 2.33. The van der Waals surface area contributed by atoms with Crippen LogP contribution in [0.25, 0.3) is 0 Å². The SMILES string of the molecule is CCCCCCCCCCN(CCCCCCCCCC)C(=O)CCCCCCCN(CCCCCCCC(=O)N(CCCCCCCCCC)CCCCCCCCCC)[C@@H]1CC[C@@H]1O. The third kappa shape index (κ3) is 37.7. The Bertz CT molecular complexity index is 913. The number of hydrogen-bond acceptors (Lipinski definition) is 4. The van der Waals surface area contributed by atoms with E-state index in [0.717, 1.165) is 90.6 Å². The van der Waals surface area contributed by atoms with Crippen LogP contribution < -0.4 is 0 Å². The summed E-state index contributed by atoms with van der Waals surface area (Å²) < 4.78 is 0. The van der Waals surface area contributed by atoms with Crippen LogP contribution in [0.2, 0.25) is 0 Å². The Morgan fingerprint density at radius 2 is 0.545 bits per heavy atom. The van der Waals surface area contributed by atoms with Crippen LogP contribution in [-0.4, -0.2) is 83.0 Å². The highest BCUT2D eigenvalue weighted by Crippen LogP contribution is 2.27. The standard InChI is InChI=1S/C60H119N3O3/c1-5-9-13-17-21-25-33-43-53-62(54-44-34-26-22-18-14-10-6-2)59(65)47-39-31-29-37-41-51-61(57-49-50-58(57)64)52-42-38-30-32-40-48-60(66)63(55-45-35-27-23-19-15-11-7-3)56-46-36-28-24-20-16-12-8-4/h57-58,64H,5-56H2,1-4H3/t57-,58+/m1/s1. The van der Waals surface area contributed by atoms with E-state index >= 15 is 0 Å². The van der Waals surface area contributed by atoms with Crippen LogP contribution in [0.1, 0.15) is 323 Å². The lowest BCUT2D eigenvalue weighted by Gasteiger charge is -2.42. The normalized spacial score (nSPS) is 14.9. The average molecular weight is 931 g/mol. The topological polar surface area (TPSA) is 64.1 Å². The molecule has 1 rings (SSSR count). The van der Waals surface area contributed by atoms with Gasteiger partial charge in [0.2, 0.25) is 11.8 Å². The van der Waals surface area contributed by atoms with Crippen molar-refractivity contribution in [3.63, 3.8) is 0 Å². The number of aliphatic hydroxyl groups is 1. The van der Waals surface area contributed by atoms with Crippen molar-refractivity contribution in [1.82, 2.24) is 14.7 Å². The zero-order chi connectivity index (χ0) is 47.8. The molecule has 0 unspecified atom stereocenters. The molecule has 0 heterocycles. The smallest absolute Gasteiger partial charge is 0.222 e. The second-order valence-electron chi connectivity index (χ2n) is 21.4. The van der Waals surface area contributed by atoms with Gasteiger partial charge in [-0.25, -0.2) is 0 Å². The van der Waals surface area contributed by atoms with Crippen molar-refractivity contribution < 1.29 is 14.7 Å². The fraction of sp³-hybridized carbons (Fsp3) is 0.967. The maximum Gasteiger partial charge on any atom is 0.222 e. The van der Waals surface area contributed by atoms with Crippen LogP contribution >= 0.6 is 0 Å². The van der Waals surface area contributed by atoms with E-state index in [1.54, 1.807) is 0 Å². The average Bonchev–Trinajstić information content (AvgIpc) is 3.31. The van der Waals surface area contributed by atoms with E-state index in [4.69, 9.17) is 0 Å². The summed E-state index contributed by atoms with van der Waals surface area (Å²) in [5.41, 5.74) is 0. The molecular formula is C60H119N3O3. The molecule has 2 amide bonds. The van der Waals surface area contributed by atoms with Crippen molar-refractivity contribution in [1.29, 1.82) is 0 Å². The summed E-state index contributed by atoms with van der Waals surface area (Å²) >= 11 is 0. The number of unbranched alkanes of at least 4 members (excludes halogenated alkanes) is 36. The molecule has 1 aliphatic carbocycles. The van der Waals surface area contributed by atoms with Crippen LogP contribution in [0.3, 0.4) is 0 Å². The first-order chi connectivity index (χ1) is 32.5. The zero-order valence-corrected chi connectivity index (χ0v) is 45.5. The summed E-state index contributed by atoms with van der Waals surface area (Å²) in [6.07, 6.45) is 57.1. The molecule has 0 aromatic carbocycles. The third-order valence-electron chi connectivity index (χ3n) is 15.2. The van der Waals surface area contributed by atoms with Gasteiger partial charge in [0.15, 0.2) is 0 Å². The van der Waals surface area contributed by atoms with Gasteiger partial charge in [-0.3, -0.25) is 14.5 Å². The first-order valence-electron chi connectivity index (χ1n) is 30.5. The molecule has 0 saturated heterocycles. The van der Waals surface area contributed by atoms with Gasteiger partial charge in [0.05, 0.1) is 6.10 Å². The van der Waals surface area contributed by atoms with Crippen LogP contribution in [0, 0.1) is 0 Å². The van der Waals surface area contributed by atoms with E-state index in [0.29, 0.717) is 17.9 Å². The molecule has 0 spiro atoms. The van der Waals surface area contributed by atoms with E-state index in [9.17, 15) is 14.7 Å². The van der Waals surface area contributed by atoms with Crippen molar-refractivity contribution in [2.75, 3.05) is 39.3 Å². The number of aliphatic hydroxyl groups excluding tert-OH is 1. The first-order valence-corrected chi connectivity index (χ1v) is 30.5. The number of carbonyl (C=O) groups is 2. The second kappa shape index (κ2) is 48.9. The fourth-order valence-electron chi connectivity index (χ4n) is 10.4. The van der Waals surface area contributed by atoms with Crippen molar-refractivity contribution in [2.24, 2.45) is 0 Å². The molecule has 0 aromatic heterocycles. The van der Waals surface area contributed by atoms with E-state index in [-0.39, 0.29) is 6.10 Å². The molecule has 1 saturated carbocycles. The molecule has 66 heavy (non-hydrogen) atoms. The summed E-state index contributed by atoms with van der Waals surface area (Å²) in [4.78, 5) is 33.9. The van der Waals surface area contributed by atoms with Crippen LogP contribution in [0.4, 0.5) is 0 Å². The zero-order valence-electron chi connectivity index (χ0n) is 45.5. The molecule has 0 aliphatic heterocycles. The Hall–Kier alpha value is -1.14.